The lowest BCUT2D eigenvalue weighted by Crippen LogP contribution is -2.58. The van der Waals surface area contributed by atoms with E-state index in [4.69, 9.17) is 16.3 Å². The molecule has 3 rings (SSSR count). The second-order valence-corrected chi connectivity index (χ2v) is 7.95. The summed E-state index contributed by atoms with van der Waals surface area (Å²) in [6.45, 7) is 5.15. The predicted molar refractivity (Wildman–Crippen MR) is 120 cm³/mol. The summed E-state index contributed by atoms with van der Waals surface area (Å²) in [4.78, 5) is 4.38. The van der Waals surface area contributed by atoms with Crippen molar-refractivity contribution in [2.75, 3.05) is 26.8 Å². The second kappa shape index (κ2) is 10.6. The normalized spacial score (nSPS) is 17.6. The molecule has 0 saturated carbocycles. The number of nitrogens with zero attached hydrogens (tertiary/aromatic N) is 1. The van der Waals surface area contributed by atoms with Crippen LogP contribution in [0.3, 0.4) is 0 Å². The third-order valence-electron chi connectivity index (χ3n) is 5.49. The third-order valence-corrected chi connectivity index (χ3v) is 5.86. The van der Waals surface area contributed by atoms with Crippen LogP contribution in [0.5, 0.6) is 0 Å². The standard InChI is InChI=1S/C23H31ClN4O/c1-18(19-8-4-3-5-9-19)28-23(12-14-29-15-13-23)17-27-22(25-2)26-16-20-10-6-7-11-21(20)24/h3-11,18,28H,12-17H2,1-2H3,(H2,25,26,27). The van der Waals surface area contributed by atoms with Crippen molar-refractivity contribution in [3.8, 4) is 0 Å². The van der Waals surface area contributed by atoms with Gasteiger partial charge in [0, 0.05) is 50.0 Å². The zero-order valence-corrected chi connectivity index (χ0v) is 18.0. The van der Waals surface area contributed by atoms with Crippen LogP contribution in [0.4, 0.5) is 0 Å². The minimum absolute atomic E-state index is 0.0461. The van der Waals surface area contributed by atoms with Crippen LogP contribution in [-0.2, 0) is 11.3 Å². The Balaban J connectivity index is 1.61. The zero-order chi connectivity index (χ0) is 20.5. The van der Waals surface area contributed by atoms with Crippen molar-refractivity contribution in [1.29, 1.82) is 0 Å². The van der Waals surface area contributed by atoms with Crippen LogP contribution in [0.15, 0.2) is 59.6 Å². The number of nitrogens with one attached hydrogen (secondary N) is 3. The SMILES string of the molecule is CN=C(NCc1ccccc1Cl)NCC1(NC(C)c2ccccc2)CCOCC1. The van der Waals surface area contributed by atoms with Crippen LogP contribution in [0.25, 0.3) is 0 Å². The van der Waals surface area contributed by atoms with Crippen molar-refractivity contribution < 1.29 is 4.74 Å². The molecule has 0 bridgehead atoms. The molecule has 0 aromatic heterocycles. The van der Waals surface area contributed by atoms with Gasteiger partial charge in [-0.2, -0.15) is 0 Å². The van der Waals surface area contributed by atoms with Gasteiger partial charge in [-0.3, -0.25) is 4.99 Å². The molecule has 2 aromatic carbocycles. The van der Waals surface area contributed by atoms with Crippen LogP contribution >= 0.6 is 11.6 Å². The Labute approximate surface area is 178 Å². The zero-order valence-electron chi connectivity index (χ0n) is 17.2. The van der Waals surface area contributed by atoms with E-state index in [9.17, 15) is 0 Å². The molecule has 0 spiro atoms. The van der Waals surface area contributed by atoms with Crippen molar-refractivity contribution in [3.05, 3.63) is 70.7 Å². The first kappa shape index (κ1) is 21.6. The summed E-state index contributed by atoms with van der Waals surface area (Å²) in [7, 11) is 1.79. The van der Waals surface area contributed by atoms with Gasteiger partial charge in [-0.1, -0.05) is 60.1 Å². The molecule has 0 radical (unpaired) electrons. The summed E-state index contributed by atoms with van der Waals surface area (Å²) in [5, 5.41) is 11.5. The van der Waals surface area contributed by atoms with E-state index in [0.29, 0.717) is 6.54 Å². The monoisotopic (exact) mass is 414 g/mol. The maximum Gasteiger partial charge on any atom is 0.191 e. The van der Waals surface area contributed by atoms with E-state index in [1.165, 1.54) is 5.56 Å². The van der Waals surface area contributed by atoms with Crippen LogP contribution in [-0.4, -0.2) is 38.3 Å². The Bertz CT molecular complexity index is 790. The summed E-state index contributed by atoms with van der Waals surface area (Å²) in [5.74, 6) is 0.768. The molecule has 1 saturated heterocycles. The molecule has 3 N–H and O–H groups in total. The van der Waals surface area contributed by atoms with Crippen LogP contribution in [0.2, 0.25) is 5.02 Å². The molecule has 1 heterocycles. The van der Waals surface area contributed by atoms with E-state index in [1.54, 1.807) is 7.05 Å². The average Bonchev–Trinajstić information content (AvgIpc) is 2.76. The molecule has 5 nitrogen and oxygen atoms in total. The topological polar surface area (TPSA) is 57.7 Å². The lowest BCUT2D eigenvalue weighted by atomic mass is 9.88. The van der Waals surface area contributed by atoms with Gasteiger partial charge in [-0.05, 0) is 37.0 Å². The van der Waals surface area contributed by atoms with E-state index in [-0.39, 0.29) is 11.6 Å². The summed E-state index contributed by atoms with van der Waals surface area (Å²) >= 11 is 6.26. The first-order chi connectivity index (χ1) is 14.1. The lowest BCUT2D eigenvalue weighted by Gasteiger charge is -2.41. The van der Waals surface area contributed by atoms with Crippen LogP contribution < -0.4 is 16.0 Å². The van der Waals surface area contributed by atoms with Crippen molar-refractivity contribution in [3.63, 3.8) is 0 Å². The van der Waals surface area contributed by atoms with Gasteiger partial charge < -0.3 is 20.7 Å². The minimum atomic E-state index is -0.0461. The maximum absolute atomic E-state index is 6.26. The van der Waals surface area contributed by atoms with Gasteiger partial charge in [0.1, 0.15) is 0 Å². The third kappa shape index (κ3) is 6.20. The molecule has 1 atom stereocenters. The quantitative estimate of drug-likeness (QED) is 0.475. The Kier molecular flexibility index (Phi) is 7.92. The van der Waals surface area contributed by atoms with E-state index in [2.05, 4.69) is 58.2 Å². The molecule has 1 unspecified atom stereocenters. The van der Waals surface area contributed by atoms with Gasteiger partial charge in [0.15, 0.2) is 5.96 Å². The van der Waals surface area contributed by atoms with Gasteiger partial charge in [-0.25, -0.2) is 0 Å². The largest absolute Gasteiger partial charge is 0.381 e. The summed E-state index contributed by atoms with van der Waals surface area (Å²) in [6, 6.07) is 18.7. The molecule has 156 valence electrons. The number of aliphatic imine (C=N–C) groups is 1. The van der Waals surface area contributed by atoms with Crippen molar-refractivity contribution in [2.45, 2.75) is 37.9 Å². The van der Waals surface area contributed by atoms with Crippen molar-refractivity contribution >= 4 is 17.6 Å². The molecular formula is C23H31ClN4O. The lowest BCUT2D eigenvalue weighted by molar-refractivity contribution is 0.0355. The van der Waals surface area contributed by atoms with E-state index in [0.717, 1.165) is 49.1 Å². The molecule has 1 aliphatic heterocycles. The van der Waals surface area contributed by atoms with Crippen LogP contribution in [0.1, 0.15) is 36.9 Å². The van der Waals surface area contributed by atoms with Crippen molar-refractivity contribution in [2.24, 2.45) is 4.99 Å². The number of rotatable bonds is 7. The first-order valence-corrected chi connectivity index (χ1v) is 10.6. The number of guanidine groups is 1. The smallest absolute Gasteiger partial charge is 0.191 e. The summed E-state index contributed by atoms with van der Waals surface area (Å²) < 4.78 is 5.64. The highest BCUT2D eigenvalue weighted by Crippen LogP contribution is 2.25. The molecule has 0 amide bonds. The fraction of sp³-hybridized carbons (Fsp3) is 0.435. The molecule has 6 heteroatoms. The van der Waals surface area contributed by atoms with E-state index < -0.39 is 0 Å². The number of hydrogen-bond acceptors (Lipinski definition) is 3. The highest BCUT2D eigenvalue weighted by Gasteiger charge is 2.34. The van der Waals surface area contributed by atoms with Gasteiger partial charge >= 0.3 is 0 Å². The highest BCUT2D eigenvalue weighted by molar-refractivity contribution is 6.31. The Morgan fingerprint density at radius 3 is 2.45 bits per heavy atom. The molecule has 2 aromatic rings. The summed E-state index contributed by atoms with van der Waals surface area (Å²) in [6.07, 6.45) is 1.91. The minimum Gasteiger partial charge on any atom is -0.381 e. The second-order valence-electron chi connectivity index (χ2n) is 7.54. The van der Waals surface area contributed by atoms with Gasteiger partial charge in [0.2, 0.25) is 0 Å². The fourth-order valence-corrected chi connectivity index (χ4v) is 3.92. The first-order valence-electron chi connectivity index (χ1n) is 10.2. The van der Waals surface area contributed by atoms with E-state index >= 15 is 0 Å². The maximum atomic E-state index is 6.26. The number of ether oxygens (including phenoxy) is 1. The summed E-state index contributed by atoms with van der Waals surface area (Å²) in [5.41, 5.74) is 2.29. The van der Waals surface area contributed by atoms with Gasteiger partial charge in [-0.15, -0.1) is 0 Å². The molecular weight excluding hydrogens is 384 g/mol. The predicted octanol–water partition coefficient (Wildman–Crippen LogP) is 3.91. The molecule has 1 aliphatic rings. The molecule has 0 aliphatic carbocycles. The fourth-order valence-electron chi connectivity index (χ4n) is 3.71. The number of halogens is 1. The number of hydrogen-bond donors (Lipinski definition) is 3. The van der Waals surface area contributed by atoms with Gasteiger partial charge in [0.05, 0.1) is 0 Å². The molecule has 1 fully saturated rings. The molecule has 29 heavy (non-hydrogen) atoms. The van der Waals surface area contributed by atoms with Crippen LogP contribution in [0, 0.1) is 0 Å². The number of benzene rings is 2. The Hall–Kier alpha value is -2.08. The van der Waals surface area contributed by atoms with Crippen molar-refractivity contribution in [1.82, 2.24) is 16.0 Å². The Morgan fingerprint density at radius 2 is 1.76 bits per heavy atom. The Morgan fingerprint density at radius 1 is 1.07 bits per heavy atom. The highest BCUT2D eigenvalue weighted by atomic mass is 35.5. The van der Waals surface area contributed by atoms with Gasteiger partial charge in [0.25, 0.3) is 0 Å². The average molecular weight is 415 g/mol. The van der Waals surface area contributed by atoms with E-state index in [1.807, 2.05) is 24.3 Å².